The quantitative estimate of drug-likeness (QED) is 0.399. The van der Waals surface area contributed by atoms with Gasteiger partial charge in [-0.1, -0.05) is 0 Å². The summed E-state index contributed by atoms with van der Waals surface area (Å²) in [6, 6.07) is 4.13. The number of nitrogens with zero attached hydrogens (tertiary/aromatic N) is 7. The fraction of sp³-hybridized carbons (Fsp3) is 0.417. The number of morpholine rings is 1. The number of piperazine rings is 1. The largest absolute Gasteiger partial charge is 0.378 e. The molecule has 182 valence electrons. The van der Waals surface area contributed by atoms with Gasteiger partial charge in [0.05, 0.1) is 34.1 Å². The topological polar surface area (TPSA) is 86.3 Å². The molecule has 2 saturated heterocycles. The third-order valence-corrected chi connectivity index (χ3v) is 7.95. The van der Waals surface area contributed by atoms with Crippen LogP contribution in [0.5, 0.6) is 0 Å². The number of H-pyrrole nitrogens is 1. The number of aromatic nitrogens is 5. The lowest BCUT2D eigenvalue weighted by atomic mass is 10.2. The van der Waals surface area contributed by atoms with E-state index in [4.69, 9.17) is 9.72 Å². The maximum absolute atomic E-state index is 5.45. The molecular weight excluding hydrogens is 528 g/mol. The average molecular weight is 556 g/mol. The number of imidazole rings is 1. The fourth-order valence-electron chi connectivity index (χ4n) is 4.71. The number of thiazole rings is 1. The fourth-order valence-corrected chi connectivity index (χ4v) is 5.87. The minimum atomic E-state index is 0.718. The third kappa shape index (κ3) is 4.77. The summed E-state index contributed by atoms with van der Waals surface area (Å²) in [7, 11) is 0. The number of rotatable bonds is 5. The van der Waals surface area contributed by atoms with Crippen molar-refractivity contribution in [1.29, 1.82) is 0 Å². The number of pyridine rings is 2. The Kier molecular flexibility index (Phi) is 6.40. The summed E-state index contributed by atoms with van der Waals surface area (Å²) < 4.78 is 6.42. The summed E-state index contributed by atoms with van der Waals surface area (Å²) in [5.74, 6) is 1.76. The summed E-state index contributed by atoms with van der Waals surface area (Å²) in [5, 5.41) is 3.29. The van der Waals surface area contributed by atoms with Crippen LogP contribution in [-0.2, 0) is 11.3 Å². The Hall–Kier alpha value is -2.60. The van der Waals surface area contributed by atoms with Gasteiger partial charge in [-0.05, 0) is 35.0 Å². The smallest absolute Gasteiger partial charge is 0.180 e. The number of nitrogens with one attached hydrogen (secondary N) is 1. The molecule has 4 aromatic rings. The third-order valence-electron chi connectivity index (χ3n) is 6.54. The normalized spacial score (nSPS) is 17.4. The first-order valence-corrected chi connectivity index (χ1v) is 13.5. The van der Waals surface area contributed by atoms with Crippen LogP contribution in [-0.4, -0.2) is 82.3 Å². The van der Waals surface area contributed by atoms with Crippen molar-refractivity contribution in [2.45, 2.75) is 13.5 Å². The second kappa shape index (κ2) is 9.81. The van der Waals surface area contributed by atoms with Gasteiger partial charge in [0.25, 0.3) is 0 Å². The van der Waals surface area contributed by atoms with E-state index in [-0.39, 0.29) is 0 Å². The average Bonchev–Trinajstić information content (AvgIpc) is 3.51. The van der Waals surface area contributed by atoms with Crippen LogP contribution >= 0.6 is 27.3 Å². The Labute approximate surface area is 216 Å². The van der Waals surface area contributed by atoms with Gasteiger partial charge in [-0.3, -0.25) is 4.90 Å². The molecule has 0 bridgehead atoms. The van der Waals surface area contributed by atoms with E-state index in [1.165, 1.54) is 5.69 Å². The molecule has 1 N–H and O–H groups in total. The highest BCUT2D eigenvalue weighted by Crippen LogP contribution is 2.34. The van der Waals surface area contributed by atoms with Crippen LogP contribution in [0.3, 0.4) is 0 Å². The number of aryl methyl sites for hydroxylation is 1. The first-order valence-electron chi connectivity index (χ1n) is 11.9. The zero-order chi connectivity index (χ0) is 23.8. The van der Waals surface area contributed by atoms with Gasteiger partial charge >= 0.3 is 0 Å². The molecule has 2 aliphatic heterocycles. The van der Waals surface area contributed by atoms with Crippen molar-refractivity contribution in [1.82, 2.24) is 29.8 Å². The van der Waals surface area contributed by atoms with Gasteiger partial charge in [-0.2, -0.15) is 0 Å². The number of ether oxygens (including phenoxy) is 1. The van der Waals surface area contributed by atoms with Crippen molar-refractivity contribution in [3.05, 3.63) is 45.1 Å². The van der Waals surface area contributed by atoms with Crippen molar-refractivity contribution in [2.24, 2.45) is 0 Å². The second-order valence-corrected chi connectivity index (χ2v) is 10.8. The molecule has 0 aromatic carbocycles. The monoisotopic (exact) mass is 554 g/mol. The van der Waals surface area contributed by atoms with Crippen LogP contribution in [0.4, 0.5) is 11.5 Å². The maximum Gasteiger partial charge on any atom is 0.180 e. The molecule has 0 spiro atoms. The number of hydrogen-bond acceptors (Lipinski definition) is 9. The lowest BCUT2D eigenvalue weighted by Crippen LogP contribution is -2.46. The van der Waals surface area contributed by atoms with Gasteiger partial charge in [0.1, 0.15) is 17.2 Å². The van der Waals surface area contributed by atoms with Crippen molar-refractivity contribution in [2.75, 3.05) is 62.3 Å². The minimum Gasteiger partial charge on any atom is -0.378 e. The van der Waals surface area contributed by atoms with Crippen LogP contribution in [0.15, 0.2) is 34.4 Å². The number of aromatic amines is 1. The number of anilines is 2. The van der Waals surface area contributed by atoms with E-state index < -0.39 is 0 Å². The summed E-state index contributed by atoms with van der Waals surface area (Å²) in [5.41, 5.74) is 4.91. The molecule has 0 aliphatic carbocycles. The zero-order valence-corrected chi connectivity index (χ0v) is 22.0. The Morgan fingerprint density at radius 3 is 2.54 bits per heavy atom. The first-order chi connectivity index (χ1) is 17.1. The van der Waals surface area contributed by atoms with Gasteiger partial charge in [0.15, 0.2) is 5.65 Å². The summed E-state index contributed by atoms with van der Waals surface area (Å²) in [6.45, 7) is 10.0. The van der Waals surface area contributed by atoms with E-state index in [1.807, 2.05) is 12.4 Å². The summed E-state index contributed by atoms with van der Waals surface area (Å²) in [6.07, 6.45) is 3.74. The van der Waals surface area contributed by atoms with Crippen molar-refractivity contribution in [3.8, 4) is 11.4 Å². The number of hydrogen-bond donors (Lipinski definition) is 1. The van der Waals surface area contributed by atoms with Gasteiger partial charge < -0.3 is 19.5 Å². The summed E-state index contributed by atoms with van der Waals surface area (Å²) in [4.78, 5) is 29.3. The molecule has 0 radical (unpaired) electrons. The molecule has 2 aliphatic rings. The van der Waals surface area contributed by atoms with E-state index in [0.717, 1.165) is 103 Å². The van der Waals surface area contributed by atoms with Crippen molar-refractivity contribution >= 4 is 49.9 Å². The molecule has 9 nitrogen and oxygen atoms in total. The van der Waals surface area contributed by atoms with Crippen LogP contribution in [0.25, 0.3) is 22.6 Å². The number of fused-ring (bicyclic) bond motifs is 1. The molecule has 11 heteroatoms. The lowest BCUT2D eigenvalue weighted by molar-refractivity contribution is 0.122. The van der Waals surface area contributed by atoms with E-state index in [9.17, 15) is 0 Å². The van der Waals surface area contributed by atoms with E-state index in [1.54, 1.807) is 11.3 Å². The van der Waals surface area contributed by atoms with Crippen LogP contribution in [0.2, 0.25) is 0 Å². The van der Waals surface area contributed by atoms with E-state index in [0.29, 0.717) is 0 Å². The van der Waals surface area contributed by atoms with Crippen LogP contribution < -0.4 is 9.80 Å². The zero-order valence-electron chi connectivity index (χ0n) is 19.6. The Morgan fingerprint density at radius 2 is 1.83 bits per heavy atom. The first kappa shape index (κ1) is 22.8. The molecule has 0 amide bonds. The highest BCUT2D eigenvalue weighted by Gasteiger charge is 2.23. The van der Waals surface area contributed by atoms with Crippen LogP contribution in [0, 0.1) is 6.92 Å². The predicted molar refractivity (Wildman–Crippen MR) is 142 cm³/mol. The Bertz CT molecular complexity index is 1310. The van der Waals surface area contributed by atoms with E-state index >= 15 is 0 Å². The van der Waals surface area contributed by atoms with Gasteiger partial charge in [0, 0.05) is 69.2 Å². The minimum absolute atomic E-state index is 0.718. The Balaban J connectivity index is 1.21. The molecule has 4 aromatic heterocycles. The molecule has 0 unspecified atom stereocenters. The molecule has 2 fully saturated rings. The van der Waals surface area contributed by atoms with Crippen molar-refractivity contribution < 1.29 is 4.74 Å². The van der Waals surface area contributed by atoms with Crippen LogP contribution in [0.1, 0.15) is 10.7 Å². The molecule has 0 atom stereocenters. The highest BCUT2D eigenvalue weighted by atomic mass is 79.9. The molecular formula is C24H27BrN8OS. The van der Waals surface area contributed by atoms with Crippen molar-refractivity contribution in [3.63, 3.8) is 0 Å². The highest BCUT2D eigenvalue weighted by molar-refractivity contribution is 9.10. The second-order valence-electron chi connectivity index (χ2n) is 8.86. The Morgan fingerprint density at radius 1 is 1.00 bits per heavy atom. The summed E-state index contributed by atoms with van der Waals surface area (Å²) >= 11 is 5.46. The molecule has 0 saturated carbocycles. The van der Waals surface area contributed by atoms with Gasteiger partial charge in [0.2, 0.25) is 0 Å². The SMILES string of the molecule is Cc1nc(CN2CCN(c3c(Br)cnc4nc(-c5ccc(N6CCOCC6)nc5)[nH]c34)CC2)cs1. The van der Waals surface area contributed by atoms with E-state index in [2.05, 4.69) is 75.0 Å². The number of halogens is 1. The van der Waals surface area contributed by atoms with Gasteiger partial charge in [-0.15, -0.1) is 11.3 Å². The maximum atomic E-state index is 5.45. The van der Waals surface area contributed by atoms with Gasteiger partial charge in [-0.25, -0.2) is 19.9 Å². The predicted octanol–water partition coefficient (Wildman–Crippen LogP) is 3.71. The molecule has 6 rings (SSSR count). The molecule has 35 heavy (non-hydrogen) atoms. The standard InChI is InChI=1S/C24H27BrN8OS/c1-16-28-18(15-35-16)14-31-4-6-33(7-5-31)22-19(25)13-27-24-21(22)29-23(30-24)17-2-3-20(26-12-17)32-8-10-34-11-9-32/h2-3,12-13,15H,4-11,14H2,1H3,(H,27,29,30). The molecule has 6 heterocycles. The lowest BCUT2D eigenvalue weighted by Gasteiger charge is -2.36.